The lowest BCUT2D eigenvalue weighted by Gasteiger charge is -2.25. The topological polar surface area (TPSA) is 54.5 Å². The Bertz CT molecular complexity index is 1160. The van der Waals surface area contributed by atoms with Gasteiger partial charge in [0, 0.05) is 12.5 Å². The van der Waals surface area contributed by atoms with Gasteiger partial charge in [0.05, 0.1) is 11.3 Å². The van der Waals surface area contributed by atoms with E-state index in [1.165, 1.54) is 24.3 Å². The first-order valence-corrected chi connectivity index (χ1v) is 10.8. The van der Waals surface area contributed by atoms with Crippen LogP contribution in [0.15, 0.2) is 77.7 Å². The van der Waals surface area contributed by atoms with E-state index < -0.39 is 21.7 Å². The van der Waals surface area contributed by atoms with Gasteiger partial charge >= 0.3 is 0 Å². The van der Waals surface area contributed by atoms with Gasteiger partial charge in [0.2, 0.25) is 5.91 Å². The van der Waals surface area contributed by atoms with Gasteiger partial charge in [-0.1, -0.05) is 54.1 Å². The van der Waals surface area contributed by atoms with Crippen molar-refractivity contribution in [1.29, 1.82) is 0 Å². The highest BCUT2D eigenvalue weighted by molar-refractivity contribution is 7.89. The molecule has 1 heterocycles. The molecule has 3 aromatic carbocycles. The first-order chi connectivity index (χ1) is 13.9. The Labute approximate surface area is 169 Å². The minimum Gasteiger partial charge on any atom is -0.273 e. The van der Waals surface area contributed by atoms with Gasteiger partial charge in [-0.2, -0.15) is 0 Å². The van der Waals surface area contributed by atoms with E-state index in [0.29, 0.717) is 5.56 Å². The van der Waals surface area contributed by atoms with Crippen LogP contribution in [0.1, 0.15) is 28.2 Å². The molecule has 0 N–H and O–H groups in total. The van der Waals surface area contributed by atoms with E-state index in [9.17, 15) is 17.6 Å². The molecule has 0 spiro atoms. The van der Waals surface area contributed by atoms with Crippen LogP contribution in [0, 0.1) is 12.7 Å². The number of hydrogen-bond acceptors (Lipinski definition) is 3. The Morgan fingerprint density at radius 3 is 2.34 bits per heavy atom. The Morgan fingerprint density at radius 1 is 0.966 bits per heavy atom. The number of aryl methyl sites for hydroxylation is 1. The first kappa shape index (κ1) is 19.3. The van der Waals surface area contributed by atoms with Crippen LogP contribution in [0.25, 0.3) is 0 Å². The predicted molar refractivity (Wildman–Crippen MR) is 108 cm³/mol. The number of nitrogens with zero attached hydrogens (tertiary/aromatic N) is 1. The summed E-state index contributed by atoms with van der Waals surface area (Å²) < 4.78 is 41.4. The number of hydrogen-bond donors (Lipinski definition) is 0. The second-order valence-corrected chi connectivity index (χ2v) is 9.09. The van der Waals surface area contributed by atoms with Crippen molar-refractivity contribution in [2.24, 2.45) is 0 Å². The summed E-state index contributed by atoms with van der Waals surface area (Å²) in [6.07, 6.45) is -0.165. The third-order valence-corrected chi connectivity index (χ3v) is 7.06. The fourth-order valence-corrected chi connectivity index (χ4v) is 5.14. The maximum atomic E-state index is 13.9. The number of rotatable bonds is 3. The molecule has 1 unspecified atom stereocenters. The molecule has 0 aromatic heterocycles. The highest BCUT2D eigenvalue weighted by Gasteiger charge is 2.36. The van der Waals surface area contributed by atoms with E-state index in [1.807, 2.05) is 37.3 Å². The van der Waals surface area contributed by atoms with Crippen LogP contribution in [0.3, 0.4) is 0 Å². The van der Waals surface area contributed by atoms with Crippen LogP contribution in [0.5, 0.6) is 0 Å². The second-order valence-electron chi connectivity index (χ2n) is 7.23. The lowest BCUT2D eigenvalue weighted by Crippen LogP contribution is -2.39. The first-order valence-electron chi connectivity index (χ1n) is 9.32. The van der Waals surface area contributed by atoms with Gasteiger partial charge in [-0.05, 0) is 47.9 Å². The summed E-state index contributed by atoms with van der Waals surface area (Å²) in [5, 5.41) is 0. The van der Waals surface area contributed by atoms with Gasteiger partial charge in [0.25, 0.3) is 10.0 Å². The summed E-state index contributed by atoms with van der Waals surface area (Å²) in [5.41, 5.74) is 3.09. The number of amides is 1. The molecule has 6 heteroatoms. The normalized spacial score (nSPS) is 17.0. The summed E-state index contributed by atoms with van der Waals surface area (Å²) in [4.78, 5) is 13.0. The fourth-order valence-electron chi connectivity index (χ4n) is 3.72. The molecule has 1 amide bonds. The van der Waals surface area contributed by atoms with E-state index in [0.717, 1.165) is 21.0 Å². The van der Waals surface area contributed by atoms with E-state index in [1.54, 1.807) is 18.2 Å². The predicted octanol–water partition coefficient (Wildman–Crippen LogP) is 4.04. The number of fused-ring (bicyclic) bond motifs is 1. The summed E-state index contributed by atoms with van der Waals surface area (Å²) in [7, 11) is -4.03. The van der Waals surface area contributed by atoms with E-state index >= 15 is 0 Å². The van der Waals surface area contributed by atoms with Crippen molar-refractivity contribution < 1.29 is 17.6 Å². The van der Waals surface area contributed by atoms with Crippen LogP contribution >= 0.6 is 0 Å². The molecule has 3 aromatic rings. The van der Waals surface area contributed by atoms with E-state index in [4.69, 9.17) is 0 Å². The molecule has 0 fully saturated rings. The Kier molecular flexibility index (Phi) is 4.96. The zero-order valence-corrected chi connectivity index (χ0v) is 16.7. The summed E-state index contributed by atoms with van der Waals surface area (Å²) in [6, 6.07) is 20.1. The maximum Gasteiger partial charge on any atom is 0.266 e. The van der Waals surface area contributed by atoms with Crippen LogP contribution in [0.2, 0.25) is 0 Å². The van der Waals surface area contributed by atoms with Crippen LogP contribution in [-0.4, -0.2) is 25.2 Å². The fraction of sp³-hybridized carbons (Fsp3) is 0.174. The van der Waals surface area contributed by atoms with Crippen molar-refractivity contribution >= 4 is 15.9 Å². The molecule has 4 rings (SSSR count). The minimum atomic E-state index is -4.03. The molecule has 0 bridgehead atoms. The smallest absolute Gasteiger partial charge is 0.266 e. The monoisotopic (exact) mass is 409 g/mol. The lowest BCUT2D eigenvalue weighted by molar-refractivity contribution is -0.125. The van der Waals surface area contributed by atoms with Crippen molar-refractivity contribution in [2.75, 3.05) is 6.54 Å². The SMILES string of the molecule is Cc1ccc(S(=O)(=O)N2CC(c3ccccc3)c3ccc(F)cc3CC2=O)cc1. The van der Waals surface area contributed by atoms with Crippen molar-refractivity contribution in [2.45, 2.75) is 24.2 Å². The van der Waals surface area contributed by atoms with Crippen LogP contribution < -0.4 is 0 Å². The molecule has 0 aliphatic carbocycles. The summed E-state index contributed by atoms with van der Waals surface area (Å²) in [5.74, 6) is -1.38. The third-order valence-electron chi connectivity index (χ3n) is 5.26. The molecule has 0 saturated carbocycles. The Hall–Kier alpha value is -2.99. The Balaban J connectivity index is 1.83. The number of carbonyl (C=O) groups excluding carboxylic acids is 1. The standard InChI is InChI=1S/C23H20FNO3S/c1-16-7-10-20(11-8-16)29(27,28)25-15-22(17-5-3-2-4-6-17)21-12-9-19(24)13-18(21)14-23(25)26/h2-13,22H,14-15H2,1H3. The highest BCUT2D eigenvalue weighted by atomic mass is 32.2. The zero-order valence-electron chi connectivity index (χ0n) is 15.9. The quantitative estimate of drug-likeness (QED) is 0.656. The number of halogens is 1. The molecule has 4 nitrogen and oxygen atoms in total. The highest BCUT2D eigenvalue weighted by Crippen LogP contribution is 2.34. The average Bonchev–Trinajstić information content (AvgIpc) is 2.84. The van der Waals surface area contributed by atoms with Gasteiger partial charge in [-0.15, -0.1) is 0 Å². The van der Waals surface area contributed by atoms with Gasteiger partial charge in [-0.25, -0.2) is 17.1 Å². The van der Waals surface area contributed by atoms with Gasteiger partial charge in [-0.3, -0.25) is 4.79 Å². The van der Waals surface area contributed by atoms with Crippen molar-refractivity contribution in [3.8, 4) is 0 Å². The molecule has 0 saturated heterocycles. The molecule has 148 valence electrons. The number of benzene rings is 3. The summed E-state index contributed by atoms with van der Waals surface area (Å²) >= 11 is 0. The van der Waals surface area contributed by atoms with Crippen molar-refractivity contribution in [3.63, 3.8) is 0 Å². The lowest BCUT2D eigenvalue weighted by atomic mass is 9.88. The van der Waals surface area contributed by atoms with Gasteiger partial charge in [0.15, 0.2) is 0 Å². The second kappa shape index (κ2) is 7.44. The zero-order chi connectivity index (χ0) is 20.6. The summed E-state index contributed by atoms with van der Waals surface area (Å²) in [6.45, 7) is 1.84. The molecule has 1 aliphatic rings. The maximum absolute atomic E-state index is 13.9. The molecule has 1 atom stereocenters. The minimum absolute atomic E-state index is 0.0301. The van der Waals surface area contributed by atoms with Crippen LogP contribution in [0.4, 0.5) is 4.39 Å². The molecular weight excluding hydrogens is 389 g/mol. The van der Waals surface area contributed by atoms with E-state index in [-0.39, 0.29) is 23.8 Å². The number of carbonyl (C=O) groups is 1. The van der Waals surface area contributed by atoms with Crippen LogP contribution in [-0.2, 0) is 21.2 Å². The molecule has 1 aliphatic heterocycles. The molecule has 0 radical (unpaired) electrons. The molecular formula is C23H20FNO3S. The average molecular weight is 409 g/mol. The Morgan fingerprint density at radius 2 is 1.66 bits per heavy atom. The number of sulfonamides is 1. The third kappa shape index (κ3) is 3.68. The van der Waals surface area contributed by atoms with E-state index in [2.05, 4.69) is 0 Å². The van der Waals surface area contributed by atoms with Gasteiger partial charge < -0.3 is 0 Å². The molecule has 29 heavy (non-hydrogen) atoms. The van der Waals surface area contributed by atoms with Crippen molar-refractivity contribution in [1.82, 2.24) is 4.31 Å². The van der Waals surface area contributed by atoms with Gasteiger partial charge in [0.1, 0.15) is 5.82 Å². The van der Waals surface area contributed by atoms with Crippen molar-refractivity contribution in [3.05, 3.63) is 101 Å². The largest absolute Gasteiger partial charge is 0.273 e.